The third-order valence-corrected chi connectivity index (χ3v) is 5.92. The molecule has 56 valence electrons. The molecule has 0 radical (unpaired) electrons. The van der Waals surface area contributed by atoms with Crippen LogP contribution in [0.15, 0.2) is 0 Å². The smallest absolute Gasteiger partial charge is 0.181 e. The first-order chi connectivity index (χ1) is 3.71. The third-order valence-electron chi connectivity index (χ3n) is 0.219. The number of hydrogen-bond acceptors (Lipinski definition) is 7. The van der Waals surface area contributed by atoms with E-state index in [1.165, 1.54) is 0 Å². The molecule has 0 aromatic rings. The Kier molecular flexibility index (Phi) is 3.23. The molecular weight excluding hydrogens is 190 g/mol. The summed E-state index contributed by atoms with van der Waals surface area (Å²) in [6, 6.07) is 0. The van der Waals surface area contributed by atoms with Gasteiger partial charge in [-0.2, -0.15) is 29.4 Å². The van der Waals surface area contributed by atoms with Gasteiger partial charge in [0.1, 0.15) is 0 Å². The van der Waals surface area contributed by atoms with E-state index < -0.39 is 25.3 Å². The second kappa shape index (κ2) is 2.92. The van der Waals surface area contributed by atoms with E-state index >= 15 is 0 Å². The van der Waals surface area contributed by atoms with Gasteiger partial charge in [-0.1, -0.05) is 0 Å². The molecule has 0 aliphatic heterocycles. The fourth-order valence-electron chi connectivity index (χ4n) is 0.147. The van der Waals surface area contributed by atoms with E-state index in [2.05, 4.69) is 0 Å². The Balaban J connectivity index is 3.75. The van der Waals surface area contributed by atoms with Crippen molar-refractivity contribution in [3.8, 4) is 0 Å². The van der Waals surface area contributed by atoms with Crippen molar-refractivity contribution in [2.45, 2.75) is 0 Å². The minimum absolute atomic E-state index is 0.431. The third kappa shape index (κ3) is 8.97. The maximum absolute atomic E-state index is 8.09. The SMILES string of the molecule is O[P+](O)(O)S[P+](O)(O)O. The first-order valence-corrected chi connectivity index (χ1v) is 6.89. The maximum atomic E-state index is 8.09. The molecule has 0 aromatic heterocycles. The van der Waals surface area contributed by atoms with E-state index in [4.69, 9.17) is 29.4 Å². The molecular formula is H6O6P2S+2. The van der Waals surface area contributed by atoms with E-state index in [0.29, 0.717) is 0 Å². The number of hydrogen-bond donors (Lipinski definition) is 6. The predicted molar refractivity (Wildman–Crippen MR) is 34.7 cm³/mol. The summed E-state index contributed by atoms with van der Waals surface area (Å²) in [6.45, 7) is 0. The lowest BCUT2D eigenvalue weighted by Gasteiger charge is -1.98. The average Bonchev–Trinajstić information content (AvgIpc) is 1.14. The van der Waals surface area contributed by atoms with E-state index in [0.717, 1.165) is 0 Å². The largest absolute Gasteiger partial charge is 0.522 e. The second-order valence-corrected chi connectivity index (χ2v) is 8.22. The van der Waals surface area contributed by atoms with Crippen LogP contribution in [0.25, 0.3) is 0 Å². The van der Waals surface area contributed by atoms with Crippen LogP contribution in [0.3, 0.4) is 0 Å². The molecule has 0 unspecified atom stereocenters. The van der Waals surface area contributed by atoms with E-state index in [1.54, 1.807) is 0 Å². The van der Waals surface area contributed by atoms with Gasteiger partial charge < -0.3 is 0 Å². The van der Waals surface area contributed by atoms with Gasteiger partial charge in [0, 0.05) is 0 Å². The molecule has 0 saturated heterocycles. The molecule has 0 heterocycles. The summed E-state index contributed by atoms with van der Waals surface area (Å²) in [5, 5.41) is 0. The second-order valence-electron chi connectivity index (χ2n) is 1.11. The van der Waals surface area contributed by atoms with Crippen LogP contribution in [0.5, 0.6) is 0 Å². The van der Waals surface area contributed by atoms with Gasteiger partial charge in [0.25, 0.3) is 0 Å². The van der Waals surface area contributed by atoms with Crippen LogP contribution < -0.4 is 0 Å². The summed E-state index contributed by atoms with van der Waals surface area (Å²) >= 11 is -0.431. The molecule has 0 aliphatic rings. The van der Waals surface area contributed by atoms with Crippen molar-refractivity contribution in [2.75, 3.05) is 0 Å². The first kappa shape index (κ1) is 9.97. The van der Waals surface area contributed by atoms with Gasteiger partial charge in [-0.25, -0.2) is 0 Å². The van der Waals surface area contributed by atoms with Gasteiger partial charge in [0.15, 0.2) is 0 Å². The van der Waals surface area contributed by atoms with Gasteiger partial charge in [0.05, 0.1) is 0 Å². The Morgan fingerprint density at radius 1 is 0.667 bits per heavy atom. The van der Waals surface area contributed by atoms with E-state index in [9.17, 15) is 0 Å². The van der Waals surface area contributed by atoms with Crippen molar-refractivity contribution in [1.82, 2.24) is 0 Å². The van der Waals surface area contributed by atoms with Crippen LogP contribution >= 0.6 is 25.3 Å². The van der Waals surface area contributed by atoms with Crippen LogP contribution in [0, 0.1) is 0 Å². The molecule has 9 heteroatoms. The van der Waals surface area contributed by atoms with Gasteiger partial charge in [-0.3, -0.25) is 0 Å². The van der Waals surface area contributed by atoms with Crippen LogP contribution in [0.1, 0.15) is 0 Å². The summed E-state index contributed by atoms with van der Waals surface area (Å²) in [6.07, 6.45) is 0. The highest BCUT2D eigenvalue weighted by atomic mass is 33.1. The first-order valence-electron chi connectivity index (χ1n) is 1.57. The Hall–Kier alpha value is 0.970. The van der Waals surface area contributed by atoms with Crippen molar-refractivity contribution in [1.29, 1.82) is 0 Å². The standard InChI is InChI=1S/H6O6P2S/c1-7(2,3)9-8(4,5)6/h1-6H/q+2. The lowest BCUT2D eigenvalue weighted by molar-refractivity contribution is 0.351. The van der Waals surface area contributed by atoms with Crippen LogP contribution in [-0.4, -0.2) is 29.4 Å². The fourth-order valence-corrected chi connectivity index (χ4v) is 3.97. The highest BCUT2D eigenvalue weighted by Crippen LogP contribution is 2.78. The molecule has 0 saturated carbocycles. The molecule has 6 nitrogen and oxygen atoms in total. The van der Waals surface area contributed by atoms with Crippen molar-refractivity contribution in [2.24, 2.45) is 0 Å². The Morgan fingerprint density at radius 3 is 0.889 bits per heavy atom. The van der Waals surface area contributed by atoms with Crippen molar-refractivity contribution < 1.29 is 29.4 Å². The molecule has 0 spiro atoms. The Bertz CT molecular complexity index is 76.2. The van der Waals surface area contributed by atoms with Crippen LogP contribution in [0.4, 0.5) is 0 Å². The molecule has 0 fully saturated rings. The van der Waals surface area contributed by atoms with Crippen molar-refractivity contribution >= 4 is 25.3 Å². The van der Waals surface area contributed by atoms with Crippen molar-refractivity contribution in [3.63, 3.8) is 0 Å². The maximum Gasteiger partial charge on any atom is 0.522 e. The molecule has 0 atom stereocenters. The summed E-state index contributed by atoms with van der Waals surface area (Å²) in [5.74, 6) is 0. The average molecular weight is 196 g/mol. The monoisotopic (exact) mass is 196 g/mol. The minimum Gasteiger partial charge on any atom is -0.181 e. The van der Waals surface area contributed by atoms with Gasteiger partial charge in [-0.05, 0) is 0 Å². The predicted octanol–water partition coefficient (Wildman–Crippen LogP) is -0.971. The normalized spacial score (nSPS) is 14.0. The lowest BCUT2D eigenvalue weighted by atomic mass is 15.8. The zero-order chi connectivity index (χ0) is 7.71. The zero-order valence-corrected chi connectivity index (χ0v) is 6.59. The highest BCUT2D eigenvalue weighted by molar-refractivity contribution is 8.87. The lowest BCUT2D eigenvalue weighted by Crippen LogP contribution is -1.85. The molecule has 0 rings (SSSR count). The summed E-state index contributed by atoms with van der Waals surface area (Å²) in [5.41, 5.74) is 0. The van der Waals surface area contributed by atoms with Crippen molar-refractivity contribution in [3.05, 3.63) is 0 Å². The molecule has 9 heavy (non-hydrogen) atoms. The molecule has 0 aliphatic carbocycles. The minimum atomic E-state index is -4.32. The van der Waals surface area contributed by atoms with Gasteiger partial charge >= 0.3 is 25.3 Å². The molecule has 0 amide bonds. The van der Waals surface area contributed by atoms with E-state index in [1.807, 2.05) is 0 Å². The quantitative estimate of drug-likeness (QED) is 0.314. The summed E-state index contributed by atoms with van der Waals surface area (Å²) < 4.78 is 0. The number of rotatable bonds is 2. The van der Waals surface area contributed by atoms with Gasteiger partial charge in [-0.15, -0.1) is 0 Å². The Morgan fingerprint density at radius 2 is 0.889 bits per heavy atom. The summed E-state index contributed by atoms with van der Waals surface area (Å²) in [4.78, 5) is 48.5. The molecule has 0 bridgehead atoms. The zero-order valence-electron chi connectivity index (χ0n) is 3.99. The van der Waals surface area contributed by atoms with Crippen LogP contribution in [-0.2, 0) is 0 Å². The Labute approximate surface area is 55.4 Å². The fraction of sp³-hybridized carbons (Fsp3) is 0. The molecule has 0 aromatic carbocycles. The van der Waals surface area contributed by atoms with E-state index in [-0.39, 0.29) is 0 Å². The molecule has 6 N–H and O–H groups in total. The van der Waals surface area contributed by atoms with Gasteiger partial charge in [0.2, 0.25) is 0 Å². The highest BCUT2D eigenvalue weighted by Gasteiger charge is 2.55. The van der Waals surface area contributed by atoms with Crippen LogP contribution in [0.2, 0.25) is 0 Å². The summed E-state index contributed by atoms with van der Waals surface area (Å²) in [7, 11) is -8.64. The topological polar surface area (TPSA) is 121 Å².